The zero-order chi connectivity index (χ0) is 14.3. The molecule has 0 atom stereocenters. The monoisotopic (exact) mass is 274 g/mol. The van der Waals surface area contributed by atoms with Crippen molar-refractivity contribution < 1.29 is 18.0 Å². The smallest absolute Gasteiger partial charge is 0.376 e. The van der Waals surface area contributed by atoms with E-state index in [1.165, 1.54) is 5.56 Å². The molecule has 1 rings (SSSR count). The number of carbonyl (C=O) groups excluding carboxylic acids is 1. The molecule has 0 aliphatic heterocycles. The molecule has 0 aromatic heterocycles. The van der Waals surface area contributed by atoms with Gasteiger partial charge in [-0.25, -0.2) is 0 Å². The minimum atomic E-state index is -4.38. The Morgan fingerprint density at radius 3 is 2.37 bits per heavy atom. The van der Waals surface area contributed by atoms with E-state index in [1.807, 2.05) is 24.3 Å². The highest BCUT2D eigenvalue weighted by atomic mass is 19.4. The Morgan fingerprint density at radius 2 is 1.84 bits per heavy atom. The number of halogens is 3. The summed E-state index contributed by atoms with van der Waals surface area (Å²) in [4.78, 5) is 11.2. The summed E-state index contributed by atoms with van der Waals surface area (Å²) in [5.41, 5.74) is 1.90. The first kappa shape index (κ1) is 15.3. The number of carbonyl (C=O) groups is 1. The Morgan fingerprint density at radius 1 is 1.21 bits per heavy atom. The number of alkyl halides is 3. The van der Waals surface area contributed by atoms with Gasteiger partial charge in [-0.3, -0.25) is 4.79 Å². The molecule has 0 aliphatic carbocycles. The molecule has 106 valence electrons. The quantitative estimate of drug-likeness (QED) is 0.837. The van der Waals surface area contributed by atoms with Crippen molar-refractivity contribution in [2.75, 3.05) is 18.4 Å². The zero-order valence-electron chi connectivity index (χ0n) is 10.7. The first-order valence-electron chi connectivity index (χ1n) is 6.07. The first-order valence-corrected chi connectivity index (χ1v) is 6.07. The predicted octanol–water partition coefficient (Wildman–Crippen LogP) is 2.73. The normalized spacial score (nSPS) is 11.2. The number of hydrogen-bond donors (Lipinski definition) is 2. The molecule has 6 heteroatoms. The van der Waals surface area contributed by atoms with Gasteiger partial charge in [0.25, 0.3) is 0 Å². The Labute approximate surface area is 110 Å². The van der Waals surface area contributed by atoms with Crippen molar-refractivity contribution in [1.82, 2.24) is 5.32 Å². The fourth-order valence-electron chi connectivity index (χ4n) is 1.52. The van der Waals surface area contributed by atoms with Crippen LogP contribution in [0.1, 0.15) is 18.9 Å². The van der Waals surface area contributed by atoms with Gasteiger partial charge in [0.1, 0.15) is 6.54 Å². The number of rotatable bonds is 6. The molecule has 2 N–H and O–H groups in total. The van der Waals surface area contributed by atoms with Gasteiger partial charge in [-0.1, -0.05) is 25.5 Å². The van der Waals surface area contributed by atoms with Crippen LogP contribution in [0.2, 0.25) is 0 Å². The Balaban J connectivity index is 2.33. The Kier molecular flexibility index (Phi) is 5.66. The van der Waals surface area contributed by atoms with Crippen LogP contribution < -0.4 is 10.6 Å². The average Bonchev–Trinajstić information content (AvgIpc) is 2.35. The van der Waals surface area contributed by atoms with Crippen LogP contribution in [0.5, 0.6) is 0 Å². The summed E-state index contributed by atoms with van der Waals surface area (Å²) in [7, 11) is 0. The molecule has 0 heterocycles. The number of anilines is 1. The van der Waals surface area contributed by atoms with Crippen molar-refractivity contribution in [3.8, 4) is 0 Å². The Hall–Kier alpha value is -1.72. The van der Waals surface area contributed by atoms with Crippen LogP contribution in [0.25, 0.3) is 0 Å². The number of aryl methyl sites for hydroxylation is 1. The SMILES string of the molecule is CCCc1ccc(NCC(=O)NCC(F)(F)F)cc1. The molecule has 1 aromatic carbocycles. The summed E-state index contributed by atoms with van der Waals surface area (Å²) in [5.74, 6) is -0.685. The fraction of sp³-hybridized carbons (Fsp3) is 0.462. The molecule has 0 spiro atoms. The molecule has 0 radical (unpaired) electrons. The van der Waals surface area contributed by atoms with Gasteiger partial charge in [-0.2, -0.15) is 13.2 Å². The third-order valence-electron chi connectivity index (χ3n) is 2.43. The number of nitrogens with one attached hydrogen (secondary N) is 2. The highest BCUT2D eigenvalue weighted by molar-refractivity contribution is 5.80. The van der Waals surface area contributed by atoms with E-state index in [1.54, 1.807) is 5.32 Å². The molecular formula is C13H17F3N2O. The zero-order valence-corrected chi connectivity index (χ0v) is 10.7. The average molecular weight is 274 g/mol. The second kappa shape index (κ2) is 7.01. The first-order chi connectivity index (χ1) is 8.90. The van der Waals surface area contributed by atoms with E-state index < -0.39 is 18.6 Å². The standard InChI is InChI=1S/C13H17F3N2O/c1-2-3-10-4-6-11(7-5-10)17-8-12(19)18-9-13(14,15)16/h4-7,17H,2-3,8-9H2,1H3,(H,18,19). The van der Waals surface area contributed by atoms with E-state index in [-0.39, 0.29) is 6.54 Å². The molecule has 0 fully saturated rings. The van der Waals surface area contributed by atoms with E-state index in [2.05, 4.69) is 12.2 Å². The summed E-state index contributed by atoms with van der Waals surface area (Å²) in [6, 6.07) is 7.48. The second-order valence-corrected chi connectivity index (χ2v) is 4.19. The minimum Gasteiger partial charge on any atom is -0.376 e. The van der Waals surface area contributed by atoms with E-state index >= 15 is 0 Å². The molecule has 0 bridgehead atoms. The molecular weight excluding hydrogens is 257 g/mol. The van der Waals surface area contributed by atoms with Gasteiger partial charge in [-0.05, 0) is 24.1 Å². The van der Waals surface area contributed by atoms with Gasteiger partial charge in [-0.15, -0.1) is 0 Å². The highest BCUT2D eigenvalue weighted by Gasteiger charge is 2.27. The van der Waals surface area contributed by atoms with Crippen molar-refractivity contribution in [3.05, 3.63) is 29.8 Å². The van der Waals surface area contributed by atoms with E-state index in [4.69, 9.17) is 0 Å². The van der Waals surface area contributed by atoms with Gasteiger partial charge in [0, 0.05) is 5.69 Å². The minimum absolute atomic E-state index is 0.177. The van der Waals surface area contributed by atoms with Gasteiger partial charge in [0.2, 0.25) is 5.91 Å². The van der Waals surface area contributed by atoms with Crippen LogP contribution in [-0.2, 0) is 11.2 Å². The third kappa shape index (κ3) is 6.69. The summed E-state index contributed by atoms with van der Waals surface area (Å²) in [6.07, 6.45) is -2.35. The van der Waals surface area contributed by atoms with Crippen LogP contribution in [-0.4, -0.2) is 25.2 Å². The number of benzene rings is 1. The van der Waals surface area contributed by atoms with Crippen LogP contribution in [0.3, 0.4) is 0 Å². The lowest BCUT2D eigenvalue weighted by molar-refractivity contribution is -0.137. The van der Waals surface area contributed by atoms with Gasteiger partial charge in [0.05, 0.1) is 6.54 Å². The lowest BCUT2D eigenvalue weighted by Gasteiger charge is -2.10. The molecule has 0 aliphatic rings. The van der Waals surface area contributed by atoms with Gasteiger partial charge >= 0.3 is 6.18 Å². The maximum absolute atomic E-state index is 11.9. The van der Waals surface area contributed by atoms with E-state index in [0.717, 1.165) is 12.8 Å². The predicted molar refractivity (Wildman–Crippen MR) is 68.0 cm³/mol. The van der Waals surface area contributed by atoms with Gasteiger partial charge < -0.3 is 10.6 Å². The fourth-order valence-corrected chi connectivity index (χ4v) is 1.52. The van der Waals surface area contributed by atoms with Crippen molar-refractivity contribution in [1.29, 1.82) is 0 Å². The van der Waals surface area contributed by atoms with Crippen LogP contribution in [0.15, 0.2) is 24.3 Å². The molecule has 0 unspecified atom stereocenters. The van der Waals surface area contributed by atoms with Crippen molar-refractivity contribution in [3.63, 3.8) is 0 Å². The third-order valence-corrected chi connectivity index (χ3v) is 2.43. The lowest BCUT2D eigenvalue weighted by atomic mass is 10.1. The van der Waals surface area contributed by atoms with Gasteiger partial charge in [0.15, 0.2) is 0 Å². The molecule has 0 saturated heterocycles. The maximum Gasteiger partial charge on any atom is 0.405 e. The summed E-state index contributed by atoms with van der Waals surface area (Å²) >= 11 is 0. The number of amides is 1. The lowest BCUT2D eigenvalue weighted by Crippen LogP contribution is -2.37. The Bertz CT molecular complexity index is 401. The largest absolute Gasteiger partial charge is 0.405 e. The summed E-state index contributed by atoms with van der Waals surface area (Å²) < 4.78 is 35.6. The topological polar surface area (TPSA) is 41.1 Å². The summed E-state index contributed by atoms with van der Waals surface area (Å²) in [6.45, 7) is 0.600. The number of hydrogen-bond acceptors (Lipinski definition) is 2. The van der Waals surface area contributed by atoms with Crippen molar-refractivity contribution in [2.24, 2.45) is 0 Å². The molecule has 19 heavy (non-hydrogen) atoms. The van der Waals surface area contributed by atoms with Crippen molar-refractivity contribution in [2.45, 2.75) is 25.9 Å². The van der Waals surface area contributed by atoms with Crippen LogP contribution >= 0.6 is 0 Å². The molecule has 0 saturated carbocycles. The maximum atomic E-state index is 11.9. The van der Waals surface area contributed by atoms with E-state index in [0.29, 0.717) is 5.69 Å². The van der Waals surface area contributed by atoms with Crippen LogP contribution in [0.4, 0.5) is 18.9 Å². The molecule has 1 amide bonds. The molecule has 3 nitrogen and oxygen atoms in total. The molecule has 1 aromatic rings. The highest BCUT2D eigenvalue weighted by Crippen LogP contribution is 2.12. The summed E-state index contributed by atoms with van der Waals surface area (Å²) in [5, 5.41) is 4.57. The second-order valence-electron chi connectivity index (χ2n) is 4.19. The van der Waals surface area contributed by atoms with E-state index in [9.17, 15) is 18.0 Å². The van der Waals surface area contributed by atoms with Crippen molar-refractivity contribution >= 4 is 11.6 Å². The van der Waals surface area contributed by atoms with Crippen LogP contribution in [0, 0.1) is 0 Å².